The maximum Gasteiger partial charge on any atom is 0.175 e. The lowest BCUT2D eigenvalue weighted by atomic mass is 10.1. The molecule has 88 valence electrons. The summed E-state index contributed by atoms with van der Waals surface area (Å²) < 4.78 is 23.6. The Morgan fingerprint density at radius 2 is 1.76 bits per heavy atom. The van der Waals surface area contributed by atoms with Gasteiger partial charge in [-0.2, -0.15) is 0 Å². The van der Waals surface area contributed by atoms with Crippen LogP contribution in [0.4, 0.5) is 0 Å². The number of rotatable bonds is 2. The number of benzene rings is 1. The minimum atomic E-state index is -3.14. The fraction of sp³-hybridized carbons (Fsp3) is 0.0833. The molecule has 0 atom stereocenters. The molecule has 1 heterocycles. The van der Waals surface area contributed by atoms with Gasteiger partial charge in [0.05, 0.1) is 10.6 Å². The van der Waals surface area contributed by atoms with Gasteiger partial charge in [-0.15, -0.1) is 0 Å². The van der Waals surface area contributed by atoms with Crippen LogP contribution in [0.5, 0.6) is 0 Å². The van der Waals surface area contributed by atoms with Gasteiger partial charge in [0.2, 0.25) is 0 Å². The van der Waals surface area contributed by atoms with Gasteiger partial charge in [0.25, 0.3) is 0 Å². The van der Waals surface area contributed by atoms with Gasteiger partial charge in [-0.3, -0.25) is 4.98 Å². The fourth-order valence-corrected chi connectivity index (χ4v) is 2.40. The summed E-state index contributed by atoms with van der Waals surface area (Å²) in [6.45, 7) is 0. The molecule has 0 saturated heterocycles. The number of pyridine rings is 1. The third kappa shape index (κ3) is 2.92. The monoisotopic (exact) mass is 311 g/mol. The van der Waals surface area contributed by atoms with Crippen molar-refractivity contribution in [1.29, 1.82) is 0 Å². The zero-order valence-electron chi connectivity index (χ0n) is 9.09. The summed E-state index contributed by atoms with van der Waals surface area (Å²) in [5.41, 5.74) is 1.69. The highest BCUT2D eigenvalue weighted by Gasteiger charge is 2.07. The number of halogens is 1. The lowest BCUT2D eigenvalue weighted by molar-refractivity contribution is 0.602. The van der Waals surface area contributed by atoms with E-state index >= 15 is 0 Å². The van der Waals surface area contributed by atoms with Crippen LogP contribution in [0, 0.1) is 0 Å². The Hall–Kier alpha value is -1.20. The second kappa shape index (κ2) is 4.58. The van der Waals surface area contributed by atoms with E-state index in [1.54, 1.807) is 30.5 Å². The average molecular weight is 312 g/mol. The predicted octanol–water partition coefficient (Wildman–Crippen LogP) is 2.91. The second-order valence-electron chi connectivity index (χ2n) is 3.66. The molecule has 1 aromatic heterocycles. The number of nitrogens with zero attached hydrogens (tertiary/aromatic N) is 1. The van der Waals surface area contributed by atoms with Crippen molar-refractivity contribution in [2.45, 2.75) is 4.90 Å². The van der Waals surface area contributed by atoms with Crippen molar-refractivity contribution >= 4 is 25.8 Å². The molecule has 0 unspecified atom stereocenters. The molecule has 5 heteroatoms. The minimum absolute atomic E-state index is 0.316. The van der Waals surface area contributed by atoms with Gasteiger partial charge in [0.15, 0.2) is 9.84 Å². The van der Waals surface area contributed by atoms with E-state index in [2.05, 4.69) is 20.9 Å². The molecule has 2 rings (SSSR count). The lowest BCUT2D eigenvalue weighted by Crippen LogP contribution is -1.96. The third-order valence-corrected chi connectivity index (χ3v) is 3.92. The predicted molar refractivity (Wildman–Crippen MR) is 70.5 cm³/mol. The molecular weight excluding hydrogens is 302 g/mol. The number of hydrogen-bond acceptors (Lipinski definition) is 3. The van der Waals surface area contributed by atoms with Crippen molar-refractivity contribution in [3.05, 3.63) is 47.1 Å². The van der Waals surface area contributed by atoms with Gasteiger partial charge >= 0.3 is 0 Å². The molecule has 1 aromatic carbocycles. The normalized spacial score (nSPS) is 11.4. The summed E-state index contributed by atoms with van der Waals surface area (Å²) in [5, 5.41) is 0. The van der Waals surface area contributed by atoms with Gasteiger partial charge in [-0.05, 0) is 24.3 Å². The average Bonchev–Trinajstić information content (AvgIpc) is 2.28. The molecule has 0 aliphatic rings. The molecule has 0 saturated carbocycles. The van der Waals surface area contributed by atoms with Gasteiger partial charge in [-0.1, -0.05) is 28.1 Å². The van der Waals surface area contributed by atoms with Crippen molar-refractivity contribution in [2.24, 2.45) is 0 Å². The highest BCUT2D eigenvalue weighted by atomic mass is 79.9. The van der Waals surface area contributed by atoms with E-state index in [0.29, 0.717) is 4.90 Å². The zero-order valence-corrected chi connectivity index (χ0v) is 11.5. The SMILES string of the molecule is CS(=O)(=O)c1ccc(-c2cc(Br)ccn2)cc1. The summed E-state index contributed by atoms with van der Waals surface area (Å²) in [4.78, 5) is 4.54. The van der Waals surface area contributed by atoms with E-state index in [4.69, 9.17) is 0 Å². The van der Waals surface area contributed by atoms with Crippen molar-refractivity contribution in [3.63, 3.8) is 0 Å². The molecule has 0 aliphatic heterocycles. The summed E-state index contributed by atoms with van der Waals surface area (Å²) in [5.74, 6) is 0. The van der Waals surface area contributed by atoms with Crippen LogP contribution in [0.15, 0.2) is 52.0 Å². The second-order valence-corrected chi connectivity index (χ2v) is 6.59. The molecule has 0 bridgehead atoms. The van der Waals surface area contributed by atoms with Crippen molar-refractivity contribution in [1.82, 2.24) is 4.98 Å². The third-order valence-electron chi connectivity index (χ3n) is 2.30. The van der Waals surface area contributed by atoms with E-state index in [9.17, 15) is 8.42 Å². The van der Waals surface area contributed by atoms with E-state index < -0.39 is 9.84 Å². The molecule has 17 heavy (non-hydrogen) atoms. The molecule has 0 aliphatic carbocycles. The van der Waals surface area contributed by atoms with Crippen LogP contribution in [-0.4, -0.2) is 19.7 Å². The first-order valence-corrected chi connectivity index (χ1v) is 7.57. The maximum atomic E-state index is 11.3. The maximum absolute atomic E-state index is 11.3. The van der Waals surface area contributed by atoms with Crippen LogP contribution in [0.3, 0.4) is 0 Å². The number of hydrogen-bond donors (Lipinski definition) is 0. The standard InChI is InChI=1S/C12H10BrNO2S/c1-17(15,16)11-4-2-9(3-5-11)12-8-10(13)6-7-14-12/h2-8H,1H3. The van der Waals surface area contributed by atoms with Crippen LogP contribution in [-0.2, 0) is 9.84 Å². The Bertz CT molecular complexity index is 636. The molecule has 0 N–H and O–H groups in total. The van der Waals surface area contributed by atoms with E-state index in [-0.39, 0.29) is 0 Å². The van der Waals surface area contributed by atoms with Gasteiger partial charge in [-0.25, -0.2) is 8.42 Å². The highest BCUT2D eigenvalue weighted by molar-refractivity contribution is 9.10. The molecule has 0 radical (unpaired) electrons. The van der Waals surface area contributed by atoms with Crippen molar-refractivity contribution in [3.8, 4) is 11.3 Å². The molecule has 0 amide bonds. The van der Waals surface area contributed by atoms with Gasteiger partial charge < -0.3 is 0 Å². The molecule has 3 nitrogen and oxygen atoms in total. The van der Waals surface area contributed by atoms with E-state index in [1.165, 1.54) is 6.26 Å². The van der Waals surface area contributed by atoms with E-state index in [0.717, 1.165) is 15.7 Å². The first kappa shape index (κ1) is 12.3. The van der Waals surface area contributed by atoms with Crippen molar-refractivity contribution < 1.29 is 8.42 Å². The van der Waals surface area contributed by atoms with Gasteiger partial charge in [0, 0.05) is 22.5 Å². The number of aromatic nitrogens is 1. The van der Waals surface area contributed by atoms with Crippen molar-refractivity contribution in [2.75, 3.05) is 6.26 Å². The highest BCUT2D eigenvalue weighted by Crippen LogP contribution is 2.21. The summed E-state index contributed by atoms with van der Waals surface area (Å²) in [6.07, 6.45) is 2.89. The topological polar surface area (TPSA) is 47.0 Å². The Morgan fingerprint density at radius 1 is 1.12 bits per heavy atom. The zero-order chi connectivity index (χ0) is 12.5. The van der Waals surface area contributed by atoms with Crippen LogP contribution in [0.2, 0.25) is 0 Å². The Morgan fingerprint density at radius 3 is 2.29 bits per heavy atom. The Labute approximate surface area is 109 Å². The molecule has 0 fully saturated rings. The van der Waals surface area contributed by atoms with Crippen LogP contribution in [0.1, 0.15) is 0 Å². The summed E-state index contributed by atoms with van der Waals surface area (Å²) >= 11 is 3.37. The lowest BCUT2D eigenvalue weighted by Gasteiger charge is -2.03. The molecule has 0 spiro atoms. The van der Waals surface area contributed by atoms with E-state index in [1.807, 2.05) is 12.1 Å². The molecule has 2 aromatic rings. The van der Waals surface area contributed by atoms with Crippen LogP contribution in [0.25, 0.3) is 11.3 Å². The Kier molecular flexibility index (Phi) is 3.31. The first-order chi connectivity index (χ1) is 7.97. The smallest absolute Gasteiger partial charge is 0.175 e. The quantitative estimate of drug-likeness (QED) is 0.856. The Balaban J connectivity index is 2.43. The van der Waals surface area contributed by atoms with Crippen LogP contribution < -0.4 is 0 Å². The number of sulfone groups is 1. The molecular formula is C12H10BrNO2S. The fourth-order valence-electron chi connectivity index (χ4n) is 1.44. The first-order valence-electron chi connectivity index (χ1n) is 4.89. The van der Waals surface area contributed by atoms with Crippen LogP contribution >= 0.6 is 15.9 Å². The summed E-state index contributed by atoms with van der Waals surface area (Å²) in [6, 6.07) is 10.4. The summed E-state index contributed by atoms with van der Waals surface area (Å²) in [7, 11) is -3.14. The van der Waals surface area contributed by atoms with Gasteiger partial charge in [0.1, 0.15) is 0 Å². The largest absolute Gasteiger partial charge is 0.256 e. The minimum Gasteiger partial charge on any atom is -0.256 e.